The summed E-state index contributed by atoms with van der Waals surface area (Å²) < 4.78 is 8.32. The molecular weight excluding hydrogens is 488 g/mol. The number of pyridine rings is 1. The predicted octanol–water partition coefficient (Wildman–Crippen LogP) is 6.62. The number of fused-ring (bicyclic) bond motifs is 1. The molecule has 3 aromatic rings. The number of carbonyl (C=O) groups is 1. The quantitative estimate of drug-likeness (QED) is 0.270. The second-order valence-electron chi connectivity index (χ2n) is 12.0. The maximum Gasteiger partial charge on any atom is 0.225 e. The van der Waals surface area contributed by atoms with Crippen LogP contribution in [0.15, 0.2) is 54.5 Å². The molecule has 1 aromatic carbocycles. The van der Waals surface area contributed by atoms with Crippen LogP contribution in [0.25, 0.3) is 5.65 Å². The van der Waals surface area contributed by atoms with Crippen LogP contribution in [0, 0.1) is 23.7 Å². The lowest BCUT2D eigenvalue weighted by Gasteiger charge is -2.29. The molecule has 1 amide bonds. The first-order chi connectivity index (χ1) is 18.5. The van der Waals surface area contributed by atoms with Crippen molar-refractivity contribution in [3.05, 3.63) is 65.9 Å². The van der Waals surface area contributed by atoms with Crippen LogP contribution in [0.2, 0.25) is 0 Å². The van der Waals surface area contributed by atoms with E-state index < -0.39 is 0 Å². The zero-order chi connectivity index (χ0) is 28.2. The van der Waals surface area contributed by atoms with Crippen molar-refractivity contribution in [2.24, 2.45) is 11.3 Å². The zero-order valence-electron chi connectivity index (χ0n) is 24.0. The van der Waals surface area contributed by atoms with Crippen LogP contribution in [-0.4, -0.2) is 32.3 Å². The number of nitrogens with zero attached hydrogens (tertiary/aromatic N) is 3. The summed E-state index contributed by atoms with van der Waals surface area (Å²) in [5, 5.41) is 23.3. The lowest BCUT2D eigenvalue weighted by molar-refractivity contribution is -0.121. The lowest BCUT2D eigenvalue weighted by atomic mass is 9.85. The van der Waals surface area contributed by atoms with Gasteiger partial charge in [-0.2, -0.15) is 0 Å². The fourth-order valence-corrected chi connectivity index (χ4v) is 4.72. The van der Waals surface area contributed by atoms with Gasteiger partial charge >= 0.3 is 0 Å². The Kier molecular flexibility index (Phi) is 8.73. The topological polar surface area (TPSA) is 104 Å². The van der Waals surface area contributed by atoms with Crippen molar-refractivity contribution in [2.45, 2.75) is 85.7 Å². The summed E-state index contributed by atoms with van der Waals surface area (Å²) in [4.78, 5) is 13.0. The van der Waals surface area contributed by atoms with E-state index >= 15 is 0 Å². The van der Waals surface area contributed by atoms with Gasteiger partial charge in [0.2, 0.25) is 5.91 Å². The Hall–Kier alpha value is -3.68. The minimum absolute atomic E-state index is 0.0359. The molecule has 0 radical (unpaired) electrons. The molecule has 0 spiro atoms. The molecular formula is C31H42N6O2. The number of aryl methyl sites for hydroxylation is 1. The molecule has 1 saturated carbocycles. The van der Waals surface area contributed by atoms with Crippen molar-refractivity contribution in [2.75, 3.05) is 5.32 Å². The van der Waals surface area contributed by atoms with E-state index in [9.17, 15) is 4.79 Å². The highest BCUT2D eigenvalue weighted by Crippen LogP contribution is 2.30. The molecule has 3 N–H and O–H groups in total. The second kappa shape index (κ2) is 12.0. The molecule has 2 heterocycles. The average molecular weight is 531 g/mol. The number of carbonyl (C=O) groups excluding carboxylic acids is 1. The number of ether oxygens (including phenoxy) is 1. The fourth-order valence-electron chi connectivity index (χ4n) is 4.72. The molecule has 0 atom stereocenters. The molecule has 0 unspecified atom stereocenters. The van der Waals surface area contributed by atoms with Gasteiger partial charge in [0.05, 0.1) is 12.3 Å². The van der Waals surface area contributed by atoms with Crippen LogP contribution < -0.4 is 15.4 Å². The summed E-state index contributed by atoms with van der Waals surface area (Å²) in [6.07, 6.45) is 7.98. The third-order valence-corrected chi connectivity index (χ3v) is 7.19. The predicted molar refractivity (Wildman–Crippen MR) is 156 cm³/mol. The largest absolute Gasteiger partial charge is 0.489 e. The van der Waals surface area contributed by atoms with Gasteiger partial charge in [-0.05, 0) is 62.8 Å². The molecule has 39 heavy (non-hydrogen) atoms. The van der Waals surface area contributed by atoms with Crippen molar-refractivity contribution in [3.63, 3.8) is 0 Å². The van der Waals surface area contributed by atoms with Gasteiger partial charge in [0.1, 0.15) is 17.4 Å². The lowest BCUT2D eigenvalue weighted by Crippen LogP contribution is -2.32. The minimum atomic E-state index is -0.321. The van der Waals surface area contributed by atoms with Gasteiger partial charge in [0.25, 0.3) is 0 Å². The molecule has 1 aliphatic rings. The van der Waals surface area contributed by atoms with Gasteiger partial charge in [0, 0.05) is 35.2 Å². The van der Waals surface area contributed by atoms with Crippen LogP contribution in [0.4, 0.5) is 5.69 Å². The molecule has 0 aliphatic heterocycles. The SMILES string of the molecule is Cc1ccc(N/C(=C\C(=N)C(C)(C)C)NC(=O)C[C@H]2CC[C@H](Oc3ccc4nnc(C(C)C)n4c3)CC2)cc1. The number of rotatable bonds is 9. The van der Waals surface area contributed by atoms with Crippen LogP contribution in [0.1, 0.15) is 84.0 Å². The third kappa shape index (κ3) is 7.68. The van der Waals surface area contributed by atoms with Crippen LogP contribution in [0.3, 0.4) is 0 Å². The molecule has 1 fully saturated rings. The molecule has 0 saturated heterocycles. The van der Waals surface area contributed by atoms with Crippen molar-refractivity contribution in [1.82, 2.24) is 19.9 Å². The standard InChI is InChI=1S/C31H42N6O2/c1-20(2)30-36-35-28-16-15-25(19-37(28)30)39-24-13-9-22(10-14-24)17-29(38)34-27(18-26(32)31(4,5)6)33-23-11-7-21(3)8-12-23/h7-8,11-12,15-16,18-20,22,24,32-33H,9-10,13-14,17H2,1-6H3,(H,34,38)/b27-18+,32-26?/t22-,24-. The molecule has 1 aliphatic carbocycles. The molecule has 8 heteroatoms. The number of allylic oxidation sites excluding steroid dienone is 1. The first-order valence-corrected chi connectivity index (χ1v) is 13.9. The smallest absolute Gasteiger partial charge is 0.225 e. The second-order valence-corrected chi connectivity index (χ2v) is 12.0. The van der Waals surface area contributed by atoms with E-state index in [1.807, 2.05) is 74.7 Å². The zero-order valence-corrected chi connectivity index (χ0v) is 24.0. The molecule has 8 nitrogen and oxygen atoms in total. The highest BCUT2D eigenvalue weighted by molar-refractivity contribution is 5.97. The maximum absolute atomic E-state index is 13.0. The van der Waals surface area contributed by atoms with E-state index in [0.717, 1.165) is 54.2 Å². The van der Waals surface area contributed by atoms with Crippen molar-refractivity contribution < 1.29 is 9.53 Å². The summed E-state index contributed by atoms with van der Waals surface area (Å²) in [6.45, 7) is 12.2. The van der Waals surface area contributed by atoms with Gasteiger partial charge in [-0.1, -0.05) is 52.3 Å². The van der Waals surface area contributed by atoms with Gasteiger partial charge in [-0.3, -0.25) is 9.20 Å². The van der Waals surface area contributed by atoms with E-state index in [0.29, 0.717) is 23.9 Å². The Bertz CT molecular complexity index is 1330. The number of nitrogens with one attached hydrogen (secondary N) is 3. The number of amides is 1. The Balaban J connectivity index is 1.32. The van der Waals surface area contributed by atoms with E-state index in [1.54, 1.807) is 6.08 Å². The Morgan fingerprint density at radius 3 is 2.44 bits per heavy atom. The molecule has 2 aromatic heterocycles. The first kappa shape index (κ1) is 28.3. The van der Waals surface area contributed by atoms with Gasteiger partial charge in [-0.25, -0.2) is 0 Å². The highest BCUT2D eigenvalue weighted by atomic mass is 16.5. The van der Waals surface area contributed by atoms with Gasteiger partial charge < -0.3 is 20.8 Å². The Morgan fingerprint density at radius 2 is 1.79 bits per heavy atom. The minimum Gasteiger partial charge on any atom is -0.489 e. The highest BCUT2D eigenvalue weighted by Gasteiger charge is 2.25. The van der Waals surface area contributed by atoms with E-state index in [2.05, 4.69) is 34.7 Å². The molecule has 208 valence electrons. The van der Waals surface area contributed by atoms with Crippen molar-refractivity contribution in [3.8, 4) is 5.75 Å². The summed E-state index contributed by atoms with van der Waals surface area (Å²) in [7, 11) is 0. The van der Waals surface area contributed by atoms with Gasteiger partial charge in [-0.15, -0.1) is 10.2 Å². The summed E-state index contributed by atoms with van der Waals surface area (Å²) in [5.41, 5.74) is 2.98. The fraction of sp³-hybridized carbons (Fsp3) is 0.484. The monoisotopic (exact) mass is 530 g/mol. The van der Waals surface area contributed by atoms with Crippen LogP contribution in [-0.2, 0) is 4.79 Å². The first-order valence-electron chi connectivity index (χ1n) is 13.9. The van der Waals surface area contributed by atoms with Crippen molar-refractivity contribution >= 4 is 23.0 Å². The summed E-state index contributed by atoms with van der Waals surface area (Å²) in [6, 6.07) is 11.9. The third-order valence-electron chi connectivity index (χ3n) is 7.19. The number of hydrogen-bond donors (Lipinski definition) is 3. The van der Waals surface area contributed by atoms with Crippen LogP contribution in [0.5, 0.6) is 5.75 Å². The normalized spacial score (nSPS) is 18.3. The number of aromatic nitrogens is 3. The maximum atomic E-state index is 13.0. The van der Waals surface area contributed by atoms with E-state index in [1.165, 1.54) is 0 Å². The van der Waals surface area contributed by atoms with Crippen LogP contribution >= 0.6 is 0 Å². The molecule has 0 bridgehead atoms. The van der Waals surface area contributed by atoms with E-state index in [-0.39, 0.29) is 23.3 Å². The Labute approximate surface area is 231 Å². The Morgan fingerprint density at radius 1 is 1.10 bits per heavy atom. The summed E-state index contributed by atoms with van der Waals surface area (Å²) >= 11 is 0. The van der Waals surface area contributed by atoms with E-state index in [4.69, 9.17) is 10.1 Å². The van der Waals surface area contributed by atoms with Crippen molar-refractivity contribution in [1.29, 1.82) is 5.41 Å². The number of hydrogen-bond acceptors (Lipinski definition) is 6. The number of anilines is 1. The average Bonchev–Trinajstić information content (AvgIpc) is 3.29. The summed E-state index contributed by atoms with van der Waals surface area (Å²) in [5.74, 6) is 2.83. The molecule has 4 rings (SSSR count). The number of benzene rings is 1. The van der Waals surface area contributed by atoms with Gasteiger partial charge in [0.15, 0.2) is 5.65 Å².